The molecule has 2 aliphatic rings. The van der Waals surface area contributed by atoms with Gasteiger partial charge in [-0.1, -0.05) is 6.08 Å². The molecule has 9 nitrogen and oxygen atoms in total. The maximum absolute atomic E-state index is 12.7. The number of nitrogens with one attached hydrogen (secondary N) is 3. The molecule has 2 aromatic heterocycles. The lowest BCUT2D eigenvalue weighted by Crippen LogP contribution is -2.26. The molecule has 1 atom stereocenters. The van der Waals surface area contributed by atoms with Gasteiger partial charge in [0.2, 0.25) is 5.95 Å². The number of fused-ring (bicyclic) bond motifs is 2. The summed E-state index contributed by atoms with van der Waals surface area (Å²) in [6.07, 6.45) is 6.04. The first-order chi connectivity index (χ1) is 16.1. The summed E-state index contributed by atoms with van der Waals surface area (Å²) in [5.74, 6) is 0.917. The van der Waals surface area contributed by atoms with E-state index in [0.29, 0.717) is 41.4 Å². The van der Waals surface area contributed by atoms with Crippen LogP contribution >= 0.6 is 11.3 Å². The van der Waals surface area contributed by atoms with E-state index in [-0.39, 0.29) is 17.7 Å². The normalized spacial score (nSPS) is 17.2. The summed E-state index contributed by atoms with van der Waals surface area (Å²) in [5, 5.41) is 8.21. The Balaban J connectivity index is 1.26. The molecule has 1 aromatic carbocycles. The Bertz CT molecular complexity index is 1270. The van der Waals surface area contributed by atoms with Gasteiger partial charge in [-0.2, -0.15) is 0 Å². The third-order valence-electron chi connectivity index (χ3n) is 5.54. The van der Waals surface area contributed by atoms with Crippen LogP contribution in [0.2, 0.25) is 0 Å². The second-order valence-corrected chi connectivity index (χ2v) is 8.68. The lowest BCUT2D eigenvalue weighted by Gasteiger charge is -2.14. The zero-order valence-corrected chi connectivity index (χ0v) is 18.8. The maximum Gasteiger partial charge on any atom is 0.277 e. The molecule has 0 bridgehead atoms. The number of hydrogen-bond donors (Lipinski definition) is 3. The van der Waals surface area contributed by atoms with Gasteiger partial charge in [0, 0.05) is 36.9 Å². The first kappa shape index (κ1) is 21.4. The van der Waals surface area contributed by atoms with Gasteiger partial charge in [-0.05, 0) is 36.3 Å². The number of carbonyl (C=O) groups excluding carboxylic acids is 2. The van der Waals surface area contributed by atoms with E-state index in [0.717, 1.165) is 30.2 Å². The quantitative estimate of drug-likeness (QED) is 0.461. The Labute approximate surface area is 193 Å². The Morgan fingerprint density at radius 3 is 3.09 bits per heavy atom. The van der Waals surface area contributed by atoms with E-state index in [1.54, 1.807) is 30.7 Å². The molecule has 3 N–H and O–H groups in total. The number of aromatic amines is 1. The molecule has 3 aromatic rings. The Kier molecular flexibility index (Phi) is 5.93. The van der Waals surface area contributed by atoms with Crippen LogP contribution < -0.4 is 10.6 Å². The van der Waals surface area contributed by atoms with Gasteiger partial charge >= 0.3 is 0 Å². The van der Waals surface area contributed by atoms with Crippen LogP contribution in [0.1, 0.15) is 44.6 Å². The highest BCUT2D eigenvalue weighted by molar-refractivity contribution is 7.10. The largest absolute Gasteiger partial charge is 0.493 e. The topological polar surface area (TPSA) is 118 Å². The lowest BCUT2D eigenvalue weighted by atomic mass is 9.95. The highest BCUT2D eigenvalue weighted by atomic mass is 32.1. The Morgan fingerprint density at radius 1 is 1.30 bits per heavy atom. The minimum Gasteiger partial charge on any atom is -0.493 e. The zero-order valence-electron chi connectivity index (χ0n) is 18.0. The van der Waals surface area contributed by atoms with Crippen LogP contribution in [0.3, 0.4) is 0 Å². The molecule has 1 fully saturated rings. The molecular formula is C23H23N5O4S. The molecule has 0 spiro atoms. The molecule has 5 rings (SSSR count). The predicted octanol–water partition coefficient (Wildman–Crippen LogP) is 3.37. The van der Waals surface area contributed by atoms with E-state index in [1.165, 1.54) is 16.9 Å². The Hall–Kier alpha value is -3.50. The molecule has 1 saturated heterocycles. The van der Waals surface area contributed by atoms with Gasteiger partial charge in [0.25, 0.3) is 11.8 Å². The van der Waals surface area contributed by atoms with Crippen LogP contribution in [0.5, 0.6) is 0 Å². The molecule has 3 heterocycles. The minimum atomic E-state index is -0.335. The highest BCUT2D eigenvalue weighted by Crippen LogP contribution is 2.36. The number of rotatable bonds is 7. The number of H-pyrrole nitrogens is 1. The highest BCUT2D eigenvalue weighted by Gasteiger charge is 2.24. The molecule has 33 heavy (non-hydrogen) atoms. The fourth-order valence-corrected chi connectivity index (χ4v) is 4.75. The van der Waals surface area contributed by atoms with Gasteiger partial charge < -0.3 is 19.8 Å². The number of imidazole rings is 1. The molecule has 2 amide bonds. The van der Waals surface area contributed by atoms with Crippen molar-refractivity contribution >= 4 is 40.1 Å². The third kappa shape index (κ3) is 4.53. The molecule has 1 unspecified atom stereocenters. The Morgan fingerprint density at radius 2 is 2.21 bits per heavy atom. The fourth-order valence-electron chi connectivity index (χ4n) is 3.87. The smallest absolute Gasteiger partial charge is 0.277 e. The molecule has 170 valence electrons. The minimum absolute atomic E-state index is 0.164. The molecule has 10 heteroatoms. The van der Waals surface area contributed by atoms with Crippen molar-refractivity contribution in [2.24, 2.45) is 0 Å². The van der Waals surface area contributed by atoms with E-state index in [9.17, 15) is 9.59 Å². The molecule has 1 aliphatic heterocycles. The first-order valence-electron chi connectivity index (χ1n) is 10.7. The van der Waals surface area contributed by atoms with E-state index in [1.807, 2.05) is 0 Å². The molecular weight excluding hydrogens is 442 g/mol. The average Bonchev–Trinajstić information content (AvgIpc) is 3.56. The van der Waals surface area contributed by atoms with Crippen LogP contribution in [-0.4, -0.2) is 53.6 Å². The lowest BCUT2D eigenvalue weighted by molar-refractivity contribution is 0.0936. The van der Waals surface area contributed by atoms with E-state index in [2.05, 4.69) is 37.7 Å². The number of methoxy groups -OCH3 is 1. The van der Waals surface area contributed by atoms with Crippen LogP contribution in [-0.2, 0) is 9.47 Å². The maximum atomic E-state index is 12.7. The molecule has 0 saturated carbocycles. The van der Waals surface area contributed by atoms with Crippen LogP contribution in [0.15, 0.2) is 47.1 Å². The summed E-state index contributed by atoms with van der Waals surface area (Å²) in [6, 6.07) is 5.13. The van der Waals surface area contributed by atoms with Crippen LogP contribution in [0, 0.1) is 0 Å². The average molecular weight is 466 g/mol. The van der Waals surface area contributed by atoms with Crippen molar-refractivity contribution in [3.8, 4) is 0 Å². The van der Waals surface area contributed by atoms with Crippen molar-refractivity contribution < 1.29 is 19.1 Å². The van der Waals surface area contributed by atoms with Crippen molar-refractivity contribution in [1.82, 2.24) is 20.3 Å². The number of hydrogen-bond acceptors (Lipinski definition) is 7. The number of benzene rings is 1. The predicted molar refractivity (Wildman–Crippen MR) is 124 cm³/mol. The number of ether oxygens (including phenoxy) is 2. The SMILES string of the molecule is COCCNC(=O)c1ccc2nc(NC(=O)c3csc(C4C=C5CCOC5=CC4)n3)[nH]c2c1. The van der Waals surface area contributed by atoms with Crippen molar-refractivity contribution in [2.75, 3.05) is 32.2 Å². The van der Waals surface area contributed by atoms with Crippen LogP contribution in [0.25, 0.3) is 11.0 Å². The van der Waals surface area contributed by atoms with Crippen molar-refractivity contribution in [2.45, 2.75) is 18.8 Å². The second-order valence-electron chi connectivity index (χ2n) is 7.79. The van der Waals surface area contributed by atoms with Gasteiger partial charge in [-0.15, -0.1) is 11.3 Å². The summed E-state index contributed by atoms with van der Waals surface area (Å²) in [4.78, 5) is 37.0. The summed E-state index contributed by atoms with van der Waals surface area (Å²) < 4.78 is 10.5. The molecule has 0 radical (unpaired) electrons. The van der Waals surface area contributed by atoms with E-state index >= 15 is 0 Å². The van der Waals surface area contributed by atoms with E-state index < -0.39 is 0 Å². The van der Waals surface area contributed by atoms with E-state index in [4.69, 9.17) is 9.47 Å². The molecule has 1 aliphatic carbocycles. The number of aromatic nitrogens is 3. The summed E-state index contributed by atoms with van der Waals surface area (Å²) in [6.45, 7) is 1.60. The standard InChI is InChI=1S/C23H23N5O4S/c1-31-9-7-24-20(29)14-2-4-16-17(11-14)27-23(26-16)28-21(30)18-12-33-22(25-18)15-3-5-19-13(10-15)6-8-32-19/h2,4-5,10-12,15H,3,6-9H2,1H3,(H,24,29)(H2,26,27,28,30). The van der Waals surface area contributed by atoms with Gasteiger partial charge in [0.05, 0.1) is 24.2 Å². The van der Waals surface area contributed by atoms with Gasteiger partial charge in [-0.3, -0.25) is 14.9 Å². The van der Waals surface area contributed by atoms with Crippen molar-refractivity contribution in [1.29, 1.82) is 0 Å². The number of amides is 2. The number of thiazole rings is 1. The second kappa shape index (κ2) is 9.16. The number of nitrogens with zero attached hydrogens (tertiary/aromatic N) is 2. The summed E-state index contributed by atoms with van der Waals surface area (Å²) in [7, 11) is 1.58. The number of carbonyl (C=O) groups is 2. The number of allylic oxidation sites excluding steroid dienone is 3. The van der Waals surface area contributed by atoms with Crippen molar-refractivity contribution in [3.63, 3.8) is 0 Å². The van der Waals surface area contributed by atoms with Gasteiger partial charge in [0.1, 0.15) is 16.5 Å². The first-order valence-corrected chi connectivity index (χ1v) is 11.6. The van der Waals surface area contributed by atoms with Gasteiger partial charge in [-0.25, -0.2) is 9.97 Å². The van der Waals surface area contributed by atoms with Crippen molar-refractivity contribution in [3.05, 3.63) is 63.3 Å². The number of anilines is 1. The van der Waals surface area contributed by atoms with Gasteiger partial charge in [0.15, 0.2) is 0 Å². The summed E-state index contributed by atoms with van der Waals surface area (Å²) in [5.41, 5.74) is 3.37. The van der Waals surface area contributed by atoms with Crippen LogP contribution in [0.4, 0.5) is 5.95 Å². The summed E-state index contributed by atoms with van der Waals surface area (Å²) >= 11 is 1.48. The third-order valence-corrected chi connectivity index (χ3v) is 6.52. The monoisotopic (exact) mass is 465 g/mol. The zero-order chi connectivity index (χ0) is 22.8. The fraction of sp³-hybridized carbons (Fsp3) is 0.304.